The quantitative estimate of drug-likeness (QED) is 0.667. The Hall–Kier alpha value is -0.0200. The Morgan fingerprint density at radius 1 is 1.24 bits per heavy atom. The normalized spacial score (nSPS) is 11.9. The van der Waals surface area contributed by atoms with Crippen LogP contribution in [0.5, 0.6) is 5.75 Å². The fourth-order valence-corrected chi connectivity index (χ4v) is 4.45. The highest BCUT2D eigenvalue weighted by Crippen LogP contribution is 2.36. The lowest BCUT2D eigenvalue weighted by Crippen LogP contribution is -2.33. The van der Waals surface area contributed by atoms with Crippen molar-refractivity contribution in [3.05, 3.63) is 29.8 Å². The fourth-order valence-electron chi connectivity index (χ4n) is 1.83. The molecular formula is C14H20Br2O. The second kappa shape index (κ2) is 6.79. The van der Waals surface area contributed by atoms with Crippen molar-refractivity contribution in [2.24, 2.45) is 11.3 Å². The van der Waals surface area contributed by atoms with E-state index in [2.05, 4.69) is 63.9 Å². The van der Waals surface area contributed by atoms with Gasteiger partial charge in [0.15, 0.2) is 0 Å². The summed E-state index contributed by atoms with van der Waals surface area (Å²) in [6.07, 6.45) is 1.05. The molecule has 0 radical (unpaired) electrons. The Morgan fingerprint density at radius 3 is 2.35 bits per heavy atom. The van der Waals surface area contributed by atoms with Gasteiger partial charge in [0.05, 0.1) is 7.11 Å². The number of alkyl halides is 2. The third kappa shape index (κ3) is 3.72. The van der Waals surface area contributed by atoms with E-state index in [4.69, 9.17) is 4.74 Å². The number of hydrogen-bond donors (Lipinski definition) is 0. The number of halogens is 2. The van der Waals surface area contributed by atoms with Crippen LogP contribution in [0.3, 0.4) is 0 Å². The molecular weight excluding hydrogens is 344 g/mol. The minimum absolute atomic E-state index is 0.256. The van der Waals surface area contributed by atoms with Gasteiger partial charge < -0.3 is 4.74 Å². The maximum absolute atomic E-state index is 5.27. The maximum atomic E-state index is 5.27. The van der Waals surface area contributed by atoms with Gasteiger partial charge in [0.25, 0.3) is 0 Å². The highest BCUT2D eigenvalue weighted by atomic mass is 79.9. The highest BCUT2D eigenvalue weighted by molar-refractivity contribution is 9.09. The number of methoxy groups -OCH3 is 1. The summed E-state index contributed by atoms with van der Waals surface area (Å²) in [5, 5.41) is 2.00. The number of hydrogen-bond acceptors (Lipinski definition) is 1. The second-order valence-electron chi connectivity index (χ2n) is 4.81. The molecule has 0 N–H and O–H groups in total. The van der Waals surface area contributed by atoms with E-state index in [1.165, 1.54) is 5.56 Å². The molecule has 1 aromatic carbocycles. The first-order chi connectivity index (χ1) is 8.07. The summed E-state index contributed by atoms with van der Waals surface area (Å²) >= 11 is 7.33. The SMILES string of the molecule is COc1cccc(CC(CBr)(CBr)C(C)C)c1. The zero-order chi connectivity index (χ0) is 12.9. The molecule has 1 aromatic rings. The molecule has 0 saturated carbocycles. The van der Waals surface area contributed by atoms with Gasteiger partial charge in [0.1, 0.15) is 5.75 Å². The van der Waals surface area contributed by atoms with Gasteiger partial charge in [-0.3, -0.25) is 0 Å². The van der Waals surface area contributed by atoms with Gasteiger partial charge in [-0.1, -0.05) is 57.8 Å². The molecule has 1 nitrogen and oxygen atoms in total. The molecule has 96 valence electrons. The number of rotatable bonds is 6. The van der Waals surface area contributed by atoms with E-state index in [1.807, 2.05) is 6.07 Å². The smallest absolute Gasteiger partial charge is 0.119 e. The van der Waals surface area contributed by atoms with E-state index in [1.54, 1.807) is 7.11 Å². The van der Waals surface area contributed by atoms with Crippen LogP contribution in [0.4, 0.5) is 0 Å². The van der Waals surface area contributed by atoms with Crippen molar-refractivity contribution < 1.29 is 4.74 Å². The van der Waals surface area contributed by atoms with Gasteiger partial charge in [-0.15, -0.1) is 0 Å². The molecule has 1 rings (SSSR count). The molecule has 0 amide bonds. The molecule has 0 unspecified atom stereocenters. The first-order valence-electron chi connectivity index (χ1n) is 5.83. The van der Waals surface area contributed by atoms with Crippen LogP contribution in [0.15, 0.2) is 24.3 Å². The van der Waals surface area contributed by atoms with E-state index < -0.39 is 0 Å². The molecule has 0 aromatic heterocycles. The molecule has 0 spiro atoms. The first kappa shape index (κ1) is 15.0. The van der Waals surface area contributed by atoms with Crippen molar-refractivity contribution in [2.45, 2.75) is 20.3 Å². The Bertz CT molecular complexity index is 346. The van der Waals surface area contributed by atoms with Gasteiger partial charge in [-0.05, 0) is 35.4 Å². The van der Waals surface area contributed by atoms with Crippen LogP contribution in [0.1, 0.15) is 19.4 Å². The molecule has 0 aliphatic rings. The van der Waals surface area contributed by atoms with Crippen molar-refractivity contribution in [1.82, 2.24) is 0 Å². The minimum Gasteiger partial charge on any atom is -0.497 e. The lowest BCUT2D eigenvalue weighted by atomic mass is 9.76. The van der Waals surface area contributed by atoms with Crippen LogP contribution in [0.25, 0.3) is 0 Å². The Kier molecular flexibility index (Phi) is 6.01. The molecule has 0 heterocycles. The molecule has 0 saturated heterocycles. The van der Waals surface area contributed by atoms with Crippen LogP contribution in [-0.2, 0) is 6.42 Å². The van der Waals surface area contributed by atoms with Crippen molar-refractivity contribution in [1.29, 1.82) is 0 Å². The Morgan fingerprint density at radius 2 is 1.88 bits per heavy atom. The fraction of sp³-hybridized carbons (Fsp3) is 0.571. The van der Waals surface area contributed by atoms with E-state index in [-0.39, 0.29) is 5.41 Å². The average Bonchev–Trinajstić information content (AvgIpc) is 2.36. The van der Waals surface area contributed by atoms with Gasteiger partial charge in [0.2, 0.25) is 0 Å². The van der Waals surface area contributed by atoms with E-state index in [0.717, 1.165) is 22.8 Å². The topological polar surface area (TPSA) is 9.23 Å². The Labute approximate surface area is 121 Å². The van der Waals surface area contributed by atoms with Gasteiger partial charge in [-0.25, -0.2) is 0 Å². The van der Waals surface area contributed by atoms with Crippen LogP contribution in [0, 0.1) is 11.3 Å². The standard InChI is InChI=1S/C14H20Br2O/c1-11(2)14(9-15,10-16)8-12-5-4-6-13(7-12)17-3/h4-7,11H,8-10H2,1-3H3. The third-order valence-corrected chi connectivity index (χ3v) is 5.68. The van der Waals surface area contributed by atoms with Crippen LogP contribution in [-0.4, -0.2) is 17.8 Å². The lowest BCUT2D eigenvalue weighted by Gasteiger charge is -2.34. The molecule has 17 heavy (non-hydrogen) atoms. The largest absolute Gasteiger partial charge is 0.497 e. The average molecular weight is 364 g/mol. The summed E-state index contributed by atoms with van der Waals surface area (Å²) < 4.78 is 5.27. The van der Waals surface area contributed by atoms with Crippen LogP contribution in [0.2, 0.25) is 0 Å². The van der Waals surface area contributed by atoms with Crippen molar-refractivity contribution >= 4 is 31.9 Å². The maximum Gasteiger partial charge on any atom is 0.119 e. The molecule has 3 heteroatoms. The number of benzene rings is 1. The minimum atomic E-state index is 0.256. The summed E-state index contributed by atoms with van der Waals surface area (Å²) in [5.74, 6) is 1.55. The first-order valence-corrected chi connectivity index (χ1v) is 8.07. The zero-order valence-corrected chi connectivity index (χ0v) is 13.8. The van der Waals surface area contributed by atoms with Crippen molar-refractivity contribution in [3.63, 3.8) is 0 Å². The second-order valence-corrected chi connectivity index (χ2v) is 5.93. The van der Waals surface area contributed by atoms with Crippen LogP contribution < -0.4 is 4.74 Å². The van der Waals surface area contributed by atoms with E-state index in [0.29, 0.717) is 5.92 Å². The summed E-state index contributed by atoms with van der Waals surface area (Å²) in [6, 6.07) is 8.35. The molecule has 0 aliphatic heterocycles. The van der Waals surface area contributed by atoms with Gasteiger partial charge in [-0.2, -0.15) is 0 Å². The molecule has 0 fully saturated rings. The summed E-state index contributed by atoms with van der Waals surface area (Å²) in [5.41, 5.74) is 1.59. The van der Waals surface area contributed by atoms with E-state index >= 15 is 0 Å². The van der Waals surface area contributed by atoms with E-state index in [9.17, 15) is 0 Å². The van der Waals surface area contributed by atoms with Gasteiger partial charge in [0, 0.05) is 10.7 Å². The number of ether oxygens (including phenoxy) is 1. The summed E-state index contributed by atoms with van der Waals surface area (Å²) in [4.78, 5) is 0. The lowest BCUT2D eigenvalue weighted by molar-refractivity contribution is 0.267. The predicted octanol–water partition coefficient (Wildman–Crippen LogP) is 4.67. The molecule has 0 aliphatic carbocycles. The van der Waals surface area contributed by atoms with Crippen molar-refractivity contribution in [2.75, 3.05) is 17.8 Å². The highest BCUT2D eigenvalue weighted by Gasteiger charge is 2.31. The summed E-state index contributed by atoms with van der Waals surface area (Å²) in [7, 11) is 1.71. The molecule has 0 atom stereocenters. The van der Waals surface area contributed by atoms with Gasteiger partial charge >= 0.3 is 0 Å². The van der Waals surface area contributed by atoms with Crippen LogP contribution >= 0.6 is 31.9 Å². The molecule has 0 bridgehead atoms. The zero-order valence-electron chi connectivity index (χ0n) is 10.7. The third-order valence-electron chi connectivity index (χ3n) is 3.45. The Balaban J connectivity index is 2.93. The van der Waals surface area contributed by atoms with Crippen molar-refractivity contribution in [3.8, 4) is 5.75 Å². The monoisotopic (exact) mass is 362 g/mol. The summed E-state index contributed by atoms with van der Waals surface area (Å²) in [6.45, 7) is 4.56. The predicted molar refractivity (Wildman–Crippen MR) is 81.6 cm³/mol.